The summed E-state index contributed by atoms with van der Waals surface area (Å²) < 4.78 is 5.61. The third-order valence-electron chi connectivity index (χ3n) is 4.22. The molecule has 0 amide bonds. The highest BCUT2D eigenvalue weighted by atomic mass is 127. The summed E-state index contributed by atoms with van der Waals surface area (Å²) in [6.45, 7) is 10.1. The highest BCUT2D eigenvalue weighted by Crippen LogP contribution is 2.29. The molecule has 1 aliphatic rings. The van der Waals surface area contributed by atoms with E-state index in [4.69, 9.17) is 21.1 Å². The van der Waals surface area contributed by atoms with Crippen LogP contribution in [0.15, 0.2) is 33.8 Å². The van der Waals surface area contributed by atoms with Gasteiger partial charge < -0.3 is 14.7 Å². The second-order valence-corrected chi connectivity index (χ2v) is 9.27. The molecular weight excluding hydrogens is 509 g/mol. The second-order valence-electron chi connectivity index (χ2n) is 7.03. The average Bonchev–Trinajstić information content (AvgIpc) is 3.09. The van der Waals surface area contributed by atoms with Crippen molar-refractivity contribution < 1.29 is 4.52 Å². The van der Waals surface area contributed by atoms with Gasteiger partial charge in [-0.2, -0.15) is 16.7 Å². The molecule has 0 atom stereocenters. The molecule has 6 nitrogen and oxygen atoms in total. The van der Waals surface area contributed by atoms with Crippen LogP contribution >= 0.6 is 47.3 Å². The molecule has 28 heavy (non-hydrogen) atoms. The van der Waals surface area contributed by atoms with E-state index in [1.165, 1.54) is 0 Å². The van der Waals surface area contributed by atoms with Gasteiger partial charge in [0, 0.05) is 47.1 Å². The molecule has 1 aliphatic heterocycles. The van der Waals surface area contributed by atoms with Crippen molar-refractivity contribution in [3.8, 4) is 11.4 Å². The summed E-state index contributed by atoms with van der Waals surface area (Å²) in [6.07, 6.45) is 0.613. The quantitative estimate of drug-likeness (QED) is 0.349. The number of nitrogens with zero attached hydrogens (tertiary/aromatic N) is 4. The molecule has 0 spiro atoms. The van der Waals surface area contributed by atoms with Gasteiger partial charge in [0.25, 0.3) is 0 Å². The standard InChI is InChI=1S/C19H26ClN5OS.HI/c1-4-21-18(25-11-12-27-19(2,3)13-25)22-10-9-16-23-17(24-26-16)14-5-7-15(20)8-6-14;/h5-8H,4,9-13H2,1-3H3,(H,21,22);1H. The number of guanidine groups is 1. The minimum atomic E-state index is 0. The van der Waals surface area contributed by atoms with E-state index in [9.17, 15) is 0 Å². The SMILES string of the molecule is CCNC(=NCCc1nc(-c2ccc(Cl)cc2)no1)N1CCSC(C)(C)C1.I. The van der Waals surface area contributed by atoms with Crippen LogP contribution in [0.4, 0.5) is 0 Å². The maximum Gasteiger partial charge on any atom is 0.228 e. The molecule has 0 unspecified atom stereocenters. The van der Waals surface area contributed by atoms with Gasteiger partial charge >= 0.3 is 0 Å². The van der Waals surface area contributed by atoms with Crippen LogP contribution in [-0.4, -0.2) is 57.7 Å². The molecule has 0 saturated carbocycles. The molecule has 0 radical (unpaired) electrons. The number of thioether (sulfide) groups is 1. The summed E-state index contributed by atoms with van der Waals surface area (Å²) in [4.78, 5) is 11.6. The zero-order valence-electron chi connectivity index (χ0n) is 16.4. The predicted octanol–water partition coefficient (Wildman–Crippen LogP) is 4.34. The van der Waals surface area contributed by atoms with Crippen LogP contribution in [0.3, 0.4) is 0 Å². The second kappa shape index (κ2) is 10.7. The van der Waals surface area contributed by atoms with Gasteiger partial charge in [-0.15, -0.1) is 24.0 Å². The van der Waals surface area contributed by atoms with Crippen molar-refractivity contribution in [3.05, 3.63) is 35.2 Å². The molecule has 3 rings (SSSR count). The lowest BCUT2D eigenvalue weighted by Gasteiger charge is -2.39. The van der Waals surface area contributed by atoms with Gasteiger partial charge in [0.15, 0.2) is 5.96 Å². The average molecular weight is 536 g/mol. The van der Waals surface area contributed by atoms with E-state index in [1.54, 1.807) is 0 Å². The normalized spacial score (nSPS) is 16.6. The van der Waals surface area contributed by atoms with E-state index < -0.39 is 0 Å². The highest BCUT2D eigenvalue weighted by Gasteiger charge is 2.28. The Bertz CT molecular complexity index is 781. The molecule has 2 heterocycles. The van der Waals surface area contributed by atoms with Gasteiger partial charge in [-0.25, -0.2) is 0 Å². The monoisotopic (exact) mass is 535 g/mol. The van der Waals surface area contributed by atoms with Gasteiger partial charge in [-0.05, 0) is 45.0 Å². The predicted molar refractivity (Wildman–Crippen MR) is 128 cm³/mol. The molecule has 1 aromatic heterocycles. The number of rotatable bonds is 5. The van der Waals surface area contributed by atoms with E-state index >= 15 is 0 Å². The van der Waals surface area contributed by atoms with Crippen LogP contribution in [0.1, 0.15) is 26.7 Å². The van der Waals surface area contributed by atoms with Crippen LogP contribution in [-0.2, 0) is 6.42 Å². The lowest BCUT2D eigenvalue weighted by atomic mass is 10.2. The molecule has 9 heteroatoms. The summed E-state index contributed by atoms with van der Waals surface area (Å²) in [5, 5.41) is 8.14. The van der Waals surface area contributed by atoms with Crippen LogP contribution in [0.25, 0.3) is 11.4 Å². The molecular formula is C19H27ClIN5OS. The molecule has 1 saturated heterocycles. The Hall–Kier alpha value is -1.000. The van der Waals surface area contributed by atoms with Crippen molar-refractivity contribution in [1.29, 1.82) is 0 Å². The van der Waals surface area contributed by atoms with Crippen molar-refractivity contribution in [2.45, 2.75) is 31.9 Å². The number of hydrogen-bond acceptors (Lipinski definition) is 5. The molecule has 2 aromatic rings. The molecule has 1 aromatic carbocycles. The Labute approximate surface area is 192 Å². The number of hydrogen-bond donors (Lipinski definition) is 1. The maximum absolute atomic E-state index is 5.92. The number of halogens is 2. The van der Waals surface area contributed by atoms with Crippen LogP contribution < -0.4 is 5.32 Å². The Morgan fingerprint density at radius 2 is 2.11 bits per heavy atom. The first-order valence-electron chi connectivity index (χ1n) is 9.22. The van der Waals surface area contributed by atoms with E-state index in [2.05, 4.69) is 41.1 Å². The van der Waals surface area contributed by atoms with Crippen molar-refractivity contribution in [2.75, 3.05) is 31.9 Å². The fraction of sp³-hybridized carbons (Fsp3) is 0.526. The van der Waals surface area contributed by atoms with Gasteiger partial charge in [-0.3, -0.25) is 4.99 Å². The fourth-order valence-electron chi connectivity index (χ4n) is 2.95. The molecule has 1 N–H and O–H groups in total. The lowest BCUT2D eigenvalue weighted by molar-refractivity contribution is 0.371. The number of aromatic nitrogens is 2. The molecule has 0 aliphatic carbocycles. The third-order valence-corrected chi connectivity index (χ3v) is 5.77. The largest absolute Gasteiger partial charge is 0.357 e. The molecule has 1 fully saturated rings. The van der Waals surface area contributed by atoms with E-state index in [0.717, 1.165) is 36.9 Å². The Morgan fingerprint density at radius 3 is 2.79 bits per heavy atom. The topological polar surface area (TPSA) is 66.5 Å². The highest BCUT2D eigenvalue weighted by molar-refractivity contribution is 14.0. The molecule has 0 bridgehead atoms. The number of benzene rings is 1. The first kappa shape index (κ1) is 23.3. The number of nitrogens with one attached hydrogen (secondary N) is 1. The minimum absolute atomic E-state index is 0. The smallest absolute Gasteiger partial charge is 0.228 e. The summed E-state index contributed by atoms with van der Waals surface area (Å²) in [5.41, 5.74) is 0.888. The zero-order chi connectivity index (χ0) is 19.3. The van der Waals surface area contributed by atoms with Crippen LogP contribution in [0, 0.1) is 0 Å². The third kappa shape index (κ3) is 6.52. The summed E-state index contributed by atoms with van der Waals surface area (Å²) in [5.74, 6) is 3.25. The van der Waals surface area contributed by atoms with E-state index in [0.29, 0.717) is 29.7 Å². The van der Waals surface area contributed by atoms with Gasteiger partial charge in [-0.1, -0.05) is 16.8 Å². The van der Waals surface area contributed by atoms with E-state index in [-0.39, 0.29) is 28.7 Å². The van der Waals surface area contributed by atoms with Crippen molar-refractivity contribution in [1.82, 2.24) is 20.4 Å². The fourth-order valence-corrected chi connectivity index (χ4v) is 4.19. The first-order chi connectivity index (χ1) is 13.0. The summed E-state index contributed by atoms with van der Waals surface area (Å²) in [7, 11) is 0. The van der Waals surface area contributed by atoms with Crippen LogP contribution in [0.2, 0.25) is 5.02 Å². The maximum atomic E-state index is 5.92. The van der Waals surface area contributed by atoms with Gasteiger partial charge in [0.1, 0.15) is 0 Å². The van der Waals surface area contributed by atoms with Crippen molar-refractivity contribution in [3.63, 3.8) is 0 Å². The van der Waals surface area contributed by atoms with Crippen LogP contribution in [0.5, 0.6) is 0 Å². The summed E-state index contributed by atoms with van der Waals surface area (Å²) in [6, 6.07) is 7.40. The van der Waals surface area contributed by atoms with Gasteiger partial charge in [0.2, 0.25) is 11.7 Å². The lowest BCUT2D eigenvalue weighted by Crippen LogP contribution is -2.51. The number of aliphatic imine (C=N–C) groups is 1. The van der Waals surface area contributed by atoms with Gasteiger partial charge in [0.05, 0.1) is 6.54 Å². The first-order valence-corrected chi connectivity index (χ1v) is 10.6. The Morgan fingerprint density at radius 1 is 1.36 bits per heavy atom. The summed E-state index contributed by atoms with van der Waals surface area (Å²) >= 11 is 7.94. The molecule has 154 valence electrons. The Balaban J connectivity index is 0.00000280. The van der Waals surface area contributed by atoms with E-state index in [1.807, 2.05) is 36.0 Å². The van der Waals surface area contributed by atoms with Crippen molar-refractivity contribution >= 4 is 53.3 Å². The Kier molecular flexibility index (Phi) is 8.88. The van der Waals surface area contributed by atoms with Crippen molar-refractivity contribution in [2.24, 2.45) is 4.99 Å². The zero-order valence-corrected chi connectivity index (χ0v) is 20.3. The minimum Gasteiger partial charge on any atom is -0.357 e.